The van der Waals surface area contributed by atoms with Gasteiger partial charge in [0.25, 0.3) is 0 Å². The first-order chi connectivity index (χ1) is 5.84. The minimum absolute atomic E-state index is 0. The van der Waals surface area contributed by atoms with E-state index in [2.05, 4.69) is 0 Å². The first kappa shape index (κ1) is 14.4. The summed E-state index contributed by atoms with van der Waals surface area (Å²) in [5, 5.41) is 8.51. The number of aromatic hydroxyl groups is 1. The zero-order valence-electron chi connectivity index (χ0n) is 7.07. The largest absolute Gasteiger partial charge is 1.00 e. The van der Waals surface area contributed by atoms with E-state index in [9.17, 15) is 21.7 Å². The van der Waals surface area contributed by atoms with Crippen LogP contribution < -0.4 is 56.8 Å². The molecule has 1 nitrogen and oxygen atoms in total. The number of hydrogen-bond donors (Lipinski definition) is 1. The van der Waals surface area contributed by atoms with Crippen LogP contribution in [0.1, 0.15) is 0 Å². The number of phenols is 1. The molecule has 0 radical (unpaired) electrons. The van der Waals surface area contributed by atoms with Gasteiger partial charge in [-0.1, -0.05) is 11.5 Å². The number of rotatable bonds is 1. The van der Waals surface area contributed by atoms with Crippen LogP contribution in [-0.4, -0.2) is 12.1 Å². The molecule has 0 aromatic heterocycles. The molecule has 1 rings (SSSR count). The molecule has 0 aliphatic rings. The van der Waals surface area contributed by atoms with E-state index in [1.165, 1.54) is 0 Å². The van der Waals surface area contributed by atoms with E-state index in [4.69, 9.17) is 5.11 Å². The normalized spacial score (nSPS) is 10.9. The second-order valence-corrected chi connectivity index (χ2v) is 2.38. The summed E-state index contributed by atoms with van der Waals surface area (Å²) >= 11 is 0. The van der Waals surface area contributed by atoms with Crippen LogP contribution in [0.3, 0.4) is 0 Å². The molecule has 1 N–H and O–H groups in total. The van der Waals surface area contributed by atoms with Gasteiger partial charge in [-0.05, 0) is 6.07 Å². The van der Waals surface area contributed by atoms with Crippen LogP contribution in [0.2, 0.25) is 0 Å². The van der Waals surface area contributed by atoms with Gasteiger partial charge in [0.2, 0.25) is 0 Å². The van der Waals surface area contributed by atoms with E-state index in [1.807, 2.05) is 0 Å². The van der Waals surface area contributed by atoms with Crippen LogP contribution in [0.4, 0.5) is 21.7 Å². The maximum Gasteiger partial charge on any atom is 1.00 e. The Morgan fingerprint density at radius 2 is 1.50 bits per heavy atom. The Morgan fingerprint density at radius 1 is 1.00 bits per heavy atom. The summed E-state index contributed by atoms with van der Waals surface area (Å²) < 4.78 is 60.7. The Labute approximate surface area is 119 Å². The van der Waals surface area contributed by atoms with E-state index in [0.717, 1.165) is 0 Å². The molecule has 0 saturated carbocycles. The molecule has 0 atom stereocenters. The molecule has 0 saturated heterocycles. The molecule has 0 bridgehead atoms. The van der Waals surface area contributed by atoms with Crippen molar-refractivity contribution >= 4 is 12.4 Å². The Hall–Kier alpha value is 0.371. The molecule has 0 aliphatic carbocycles. The standard InChI is InChI=1S/C6H3BF5O.K/c8-5-3(7(10,11)12)1-2-4(13)6(5)9;/h1-2,13H;/q-1;+1. The quantitative estimate of drug-likeness (QED) is 0.476. The molecule has 1 aromatic carbocycles. The fourth-order valence-corrected chi connectivity index (χ4v) is 0.807. The Morgan fingerprint density at radius 3 is 1.93 bits per heavy atom. The van der Waals surface area contributed by atoms with Crippen molar-refractivity contribution in [2.45, 2.75) is 0 Å². The average Bonchev–Trinajstić information content (AvgIpc) is 1.98. The van der Waals surface area contributed by atoms with Crippen molar-refractivity contribution in [3.05, 3.63) is 23.8 Å². The number of hydrogen-bond acceptors (Lipinski definition) is 1. The van der Waals surface area contributed by atoms with Crippen LogP contribution in [0.15, 0.2) is 12.1 Å². The van der Waals surface area contributed by atoms with Crippen molar-refractivity contribution in [2.24, 2.45) is 0 Å². The van der Waals surface area contributed by atoms with E-state index in [1.54, 1.807) is 0 Å². The minimum atomic E-state index is -5.59. The van der Waals surface area contributed by atoms with Gasteiger partial charge in [-0.15, -0.1) is 0 Å². The van der Waals surface area contributed by atoms with Gasteiger partial charge in [0, 0.05) is 0 Å². The third-order valence-electron chi connectivity index (χ3n) is 1.44. The van der Waals surface area contributed by atoms with Crippen molar-refractivity contribution in [3.8, 4) is 5.75 Å². The van der Waals surface area contributed by atoms with Crippen LogP contribution in [0.5, 0.6) is 5.75 Å². The van der Waals surface area contributed by atoms with Crippen LogP contribution >= 0.6 is 0 Å². The number of phenolic OH excluding ortho intramolecular Hbond substituents is 1. The summed E-state index contributed by atoms with van der Waals surface area (Å²) in [7, 11) is 0. The monoisotopic (exact) mass is 236 g/mol. The van der Waals surface area contributed by atoms with Crippen LogP contribution in [0, 0.1) is 11.6 Å². The fraction of sp³-hybridized carbons (Fsp3) is 0. The van der Waals surface area contributed by atoms with Gasteiger partial charge in [0.1, 0.15) is 5.82 Å². The van der Waals surface area contributed by atoms with Gasteiger partial charge in [-0.25, -0.2) is 4.39 Å². The van der Waals surface area contributed by atoms with Gasteiger partial charge in [-0.3, -0.25) is 0 Å². The maximum absolute atomic E-state index is 12.5. The van der Waals surface area contributed by atoms with E-state index in [-0.39, 0.29) is 51.4 Å². The molecule has 72 valence electrons. The molecule has 0 aliphatic heterocycles. The van der Waals surface area contributed by atoms with Crippen molar-refractivity contribution in [1.82, 2.24) is 0 Å². The van der Waals surface area contributed by atoms with Gasteiger partial charge < -0.3 is 18.1 Å². The molecule has 0 unspecified atom stereocenters. The number of halogens is 5. The Bertz CT molecular complexity index is 340. The zero-order valence-corrected chi connectivity index (χ0v) is 10.2. The predicted molar refractivity (Wildman–Crippen MR) is 36.7 cm³/mol. The summed E-state index contributed by atoms with van der Waals surface area (Å²) in [6.07, 6.45) is 0. The van der Waals surface area contributed by atoms with Gasteiger partial charge in [0.15, 0.2) is 11.6 Å². The Balaban J connectivity index is 0.00000169. The molecule has 0 fully saturated rings. The SMILES string of the molecule is Oc1ccc([B-](F)(F)F)c(F)c1F.[K+]. The topological polar surface area (TPSA) is 20.2 Å². The van der Waals surface area contributed by atoms with Gasteiger partial charge in [-0.2, -0.15) is 4.39 Å². The smallest absolute Gasteiger partial charge is 0.505 e. The maximum atomic E-state index is 12.5. The minimum Gasteiger partial charge on any atom is -0.505 e. The predicted octanol–water partition coefficient (Wildman–Crippen LogP) is -1.27. The summed E-state index contributed by atoms with van der Waals surface area (Å²) in [4.78, 5) is 0. The van der Waals surface area contributed by atoms with Crippen molar-refractivity contribution in [1.29, 1.82) is 0 Å². The van der Waals surface area contributed by atoms with E-state index < -0.39 is 29.8 Å². The molecule has 0 heterocycles. The summed E-state index contributed by atoms with van der Waals surface area (Å²) in [5.41, 5.74) is -1.67. The summed E-state index contributed by atoms with van der Waals surface area (Å²) in [6, 6.07) is 0.761. The summed E-state index contributed by atoms with van der Waals surface area (Å²) in [5.74, 6) is -5.08. The fourth-order valence-electron chi connectivity index (χ4n) is 0.807. The molecule has 1 aromatic rings. The van der Waals surface area contributed by atoms with E-state index >= 15 is 0 Å². The molecule has 0 amide bonds. The molecule has 14 heavy (non-hydrogen) atoms. The third kappa shape index (κ3) is 2.93. The van der Waals surface area contributed by atoms with Gasteiger partial charge in [0.05, 0.1) is 0 Å². The molecule has 0 spiro atoms. The third-order valence-corrected chi connectivity index (χ3v) is 1.44. The molecular weight excluding hydrogens is 233 g/mol. The van der Waals surface area contributed by atoms with Crippen LogP contribution in [-0.2, 0) is 0 Å². The number of benzene rings is 1. The van der Waals surface area contributed by atoms with Gasteiger partial charge >= 0.3 is 58.4 Å². The zero-order chi connectivity index (χ0) is 10.2. The summed E-state index contributed by atoms with van der Waals surface area (Å²) in [6.45, 7) is -5.59. The van der Waals surface area contributed by atoms with E-state index in [0.29, 0.717) is 12.1 Å². The second-order valence-electron chi connectivity index (χ2n) is 2.38. The first-order valence-electron chi connectivity index (χ1n) is 3.21. The second kappa shape index (κ2) is 4.93. The average molecular weight is 236 g/mol. The van der Waals surface area contributed by atoms with Crippen molar-refractivity contribution in [2.75, 3.05) is 0 Å². The molecular formula is C6H3BF5KO. The first-order valence-corrected chi connectivity index (χ1v) is 3.21. The van der Waals surface area contributed by atoms with Crippen LogP contribution in [0.25, 0.3) is 0 Å². The molecule has 8 heteroatoms. The Kier molecular flexibility index (Phi) is 5.06. The van der Waals surface area contributed by atoms with Crippen molar-refractivity contribution < 1.29 is 78.2 Å². The van der Waals surface area contributed by atoms with Crippen molar-refractivity contribution in [3.63, 3.8) is 0 Å².